The van der Waals surface area contributed by atoms with E-state index in [1.54, 1.807) is 0 Å². The van der Waals surface area contributed by atoms with Gasteiger partial charge in [0.15, 0.2) is 0 Å². The average Bonchev–Trinajstić information content (AvgIpc) is 3.39. The molecule has 0 radical (unpaired) electrons. The van der Waals surface area contributed by atoms with Gasteiger partial charge in [-0.3, -0.25) is 0 Å². The second-order valence-electron chi connectivity index (χ2n) is 16.8. The normalized spacial score (nSPS) is 11.4. The molecule has 0 aromatic heterocycles. The molecule has 0 bridgehead atoms. The summed E-state index contributed by atoms with van der Waals surface area (Å²) in [5.41, 5.74) is 15.2. The van der Waals surface area contributed by atoms with Crippen LogP contribution >= 0.6 is 0 Å². The van der Waals surface area contributed by atoms with E-state index in [9.17, 15) is 0 Å². The van der Waals surface area contributed by atoms with Crippen LogP contribution in [-0.2, 0) is 0 Å². The van der Waals surface area contributed by atoms with Crippen molar-refractivity contribution in [3.8, 4) is 55.6 Å². The standard InChI is InChI=1S/C64H43N/c1-3-18-44(19-4-1)45-34-38-50(39-35-45)65(51-40-36-47(37-41-51)53-25-12-11-24-52(53)46-20-5-2-6-21-46)63-33-17-32-60(61-42-48-22-7-9-26-54(48)56-28-13-15-30-58(56)61)64(63)62-43-49-23-8-10-27-55(49)57-29-14-16-31-59(57)62/h1-43H. The highest BCUT2D eigenvalue weighted by molar-refractivity contribution is 6.19. The zero-order valence-electron chi connectivity index (χ0n) is 35.8. The fourth-order valence-corrected chi connectivity index (χ4v) is 10.0. The molecule has 0 amide bonds. The minimum absolute atomic E-state index is 1.07. The Labute approximate surface area is 379 Å². The molecular formula is C64H43N. The minimum atomic E-state index is 1.07. The lowest BCUT2D eigenvalue weighted by Crippen LogP contribution is -2.12. The molecule has 0 N–H and O–H groups in total. The zero-order chi connectivity index (χ0) is 43.1. The maximum Gasteiger partial charge on any atom is 0.0546 e. The Hall–Kier alpha value is -8.52. The van der Waals surface area contributed by atoms with Crippen molar-refractivity contribution < 1.29 is 0 Å². The minimum Gasteiger partial charge on any atom is -0.310 e. The number of hydrogen-bond donors (Lipinski definition) is 0. The first-order chi connectivity index (χ1) is 32.3. The number of hydrogen-bond acceptors (Lipinski definition) is 1. The van der Waals surface area contributed by atoms with Crippen molar-refractivity contribution in [3.63, 3.8) is 0 Å². The molecule has 1 nitrogen and oxygen atoms in total. The fourth-order valence-electron chi connectivity index (χ4n) is 10.0. The third-order valence-electron chi connectivity index (χ3n) is 13.1. The van der Waals surface area contributed by atoms with Crippen molar-refractivity contribution in [2.45, 2.75) is 0 Å². The quantitative estimate of drug-likeness (QED) is 0.138. The van der Waals surface area contributed by atoms with Gasteiger partial charge in [-0.05, 0) is 136 Å². The predicted octanol–water partition coefficient (Wildman–Crippen LogP) is 18.1. The summed E-state index contributed by atoms with van der Waals surface area (Å²) in [7, 11) is 0. The van der Waals surface area contributed by atoms with E-state index in [2.05, 4.69) is 266 Å². The van der Waals surface area contributed by atoms with Crippen molar-refractivity contribution in [3.05, 3.63) is 261 Å². The van der Waals surface area contributed by atoms with Gasteiger partial charge in [-0.25, -0.2) is 0 Å². The Morgan fingerprint density at radius 2 is 0.600 bits per heavy atom. The largest absolute Gasteiger partial charge is 0.310 e. The van der Waals surface area contributed by atoms with Gasteiger partial charge in [-0.1, -0.05) is 218 Å². The Kier molecular flexibility index (Phi) is 9.58. The lowest BCUT2D eigenvalue weighted by Gasteiger charge is -2.30. The van der Waals surface area contributed by atoms with Crippen LogP contribution in [0.1, 0.15) is 0 Å². The molecule has 12 rings (SSSR count). The Morgan fingerprint density at radius 3 is 1.17 bits per heavy atom. The van der Waals surface area contributed by atoms with Crippen LogP contribution in [0.3, 0.4) is 0 Å². The van der Waals surface area contributed by atoms with E-state index in [1.807, 2.05) is 0 Å². The summed E-state index contributed by atoms with van der Waals surface area (Å²) in [6, 6.07) is 95.4. The van der Waals surface area contributed by atoms with Crippen LogP contribution in [0.5, 0.6) is 0 Å². The summed E-state index contributed by atoms with van der Waals surface area (Å²) in [5.74, 6) is 0. The van der Waals surface area contributed by atoms with Crippen molar-refractivity contribution in [1.82, 2.24) is 0 Å². The SMILES string of the molecule is c1ccc(-c2ccc(N(c3ccc(-c4ccccc4-c4ccccc4)cc3)c3cccc(-c4cc5ccccc5c5ccccc45)c3-c3cc4ccccc4c4ccccc34)cc2)cc1. The molecule has 0 saturated carbocycles. The monoisotopic (exact) mass is 825 g/mol. The lowest BCUT2D eigenvalue weighted by molar-refractivity contribution is 1.28. The second kappa shape index (κ2) is 16.3. The second-order valence-corrected chi connectivity index (χ2v) is 16.8. The van der Waals surface area contributed by atoms with Gasteiger partial charge in [0.05, 0.1) is 5.69 Å². The summed E-state index contributed by atoms with van der Waals surface area (Å²) in [5, 5.41) is 9.89. The third kappa shape index (κ3) is 6.82. The van der Waals surface area contributed by atoms with Gasteiger partial charge in [-0.15, -0.1) is 0 Å². The highest BCUT2D eigenvalue weighted by atomic mass is 15.1. The van der Waals surface area contributed by atoms with Crippen LogP contribution in [0.2, 0.25) is 0 Å². The molecule has 0 spiro atoms. The van der Waals surface area contributed by atoms with Crippen molar-refractivity contribution in [1.29, 1.82) is 0 Å². The molecular weight excluding hydrogens is 783 g/mol. The molecule has 304 valence electrons. The van der Waals surface area contributed by atoms with Gasteiger partial charge in [0.2, 0.25) is 0 Å². The molecule has 12 aromatic rings. The van der Waals surface area contributed by atoms with Crippen LogP contribution < -0.4 is 4.90 Å². The molecule has 1 heteroatoms. The third-order valence-corrected chi connectivity index (χ3v) is 13.1. The van der Waals surface area contributed by atoms with Gasteiger partial charge < -0.3 is 4.90 Å². The van der Waals surface area contributed by atoms with Crippen LogP contribution in [0.25, 0.3) is 98.7 Å². The fraction of sp³-hybridized carbons (Fsp3) is 0. The molecule has 65 heavy (non-hydrogen) atoms. The highest BCUT2D eigenvalue weighted by Gasteiger charge is 2.24. The number of anilines is 3. The van der Waals surface area contributed by atoms with Gasteiger partial charge in [0.1, 0.15) is 0 Å². The molecule has 12 aromatic carbocycles. The molecule has 0 atom stereocenters. The predicted molar refractivity (Wildman–Crippen MR) is 278 cm³/mol. The summed E-state index contributed by atoms with van der Waals surface area (Å²) >= 11 is 0. The smallest absolute Gasteiger partial charge is 0.0546 e. The highest BCUT2D eigenvalue weighted by Crippen LogP contribution is 2.50. The van der Waals surface area contributed by atoms with E-state index in [0.717, 1.165) is 17.1 Å². The Bertz CT molecular complexity index is 3680. The lowest BCUT2D eigenvalue weighted by atomic mass is 9.85. The number of benzene rings is 12. The topological polar surface area (TPSA) is 3.24 Å². The molecule has 0 aliphatic heterocycles. The van der Waals surface area contributed by atoms with Crippen molar-refractivity contribution >= 4 is 60.2 Å². The number of rotatable bonds is 8. The number of fused-ring (bicyclic) bond motifs is 6. The summed E-state index contributed by atoms with van der Waals surface area (Å²) in [4.78, 5) is 2.47. The van der Waals surface area contributed by atoms with Crippen LogP contribution in [-0.4, -0.2) is 0 Å². The summed E-state index contributed by atoms with van der Waals surface area (Å²) in [6.07, 6.45) is 0. The molecule has 0 aliphatic rings. The average molecular weight is 826 g/mol. The van der Waals surface area contributed by atoms with Gasteiger partial charge in [0.25, 0.3) is 0 Å². The molecule has 0 fully saturated rings. The molecule has 0 saturated heterocycles. The molecule has 0 unspecified atom stereocenters. The van der Waals surface area contributed by atoms with E-state index in [4.69, 9.17) is 0 Å². The molecule has 0 aliphatic carbocycles. The van der Waals surface area contributed by atoms with Gasteiger partial charge >= 0.3 is 0 Å². The maximum atomic E-state index is 2.47. The van der Waals surface area contributed by atoms with Crippen molar-refractivity contribution in [2.75, 3.05) is 4.90 Å². The van der Waals surface area contributed by atoms with E-state index in [1.165, 1.54) is 98.7 Å². The Morgan fingerprint density at radius 1 is 0.215 bits per heavy atom. The Balaban J connectivity index is 1.14. The van der Waals surface area contributed by atoms with Gasteiger partial charge in [-0.2, -0.15) is 0 Å². The first-order valence-electron chi connectivity index (χ1n) is 22.4. The van der Waals surface area contributed by atoms with E-state index in [-0.39, 0.29) is 0 Å². The molecule has 0 heterocycles. The zero-order valence-corrected chi connectivity index (χ0v) is 35.8. The van der Waals surface area contributed by atoms with E-state index < -0.39 is 0 Å². The number of nitrogens with zero attached hydrogens (tertiary/aromatic N) is 1. The van der Waals surface area contributed by atoms with Crippen LogP contribution in [0.4, 0.5) is 17.1 Å². The maximum absolute atomic E-state index is 2.47. The van der Waals surface area contributed by atoms with Crippen molar-refractivity contribution in [2.24, 2.45) is 0 Å². The van der Waals surface area contributed by atoms with Crippen LogP contribution in [0, 0.1) is 0 Å². The summed E-state index contributed by atoms with van der Waals surface area (Å²) in [6.45, 7) is 0. The summed E-state index contributed by atoms with van der Waals surface area (Å²) < 4.78 is 0. The van der Waals surface area contributed by atoms with E-state index >= 15 is 0 Å². The van der Waals surface area contributed by atoms with E-state index in [0.29, 0.717) is 0 Å². The van der Waals surface area contributed by atoms with Crippen LogP contribution in [0.15, 0.2) is 261 Å². The first-order valence-corrected chi connectivity index (χ1v) is 22.4. The first kappa shape index (κ1) is 38.2. The van der Waals surface area contributed by atoms with Gasteiger partial charge in [0, 0.05) is 16.9 Å².